The molecule has 0 atom stereocenters. The van der Waals surface area contributed by atoms with Gasteiger partial charge in [-0.25, -0.2) is 14.5 Å². The van der Waals surface area contributed by atoms with Crippen LogP contribution in [0.15, 0.2) is 60.8 Å². The zero-order chi connectivity index (χ0) is 20.5. The summed E-state index contributed by atoms with van der Waals surface area (Å²) in [6.07, 6.45) is 4.03. The SMILES string of the molecule is O=C(Nc1ccn2nc(-c3ccccc3)nc2c1)c1cc(Cl)nc(N2CCCC2)c1. The van der Waals surface area contributed by atoms with Gasteiger partial charge in [-0.2, -0.15) is 0 Å². The number of anilines is 2. The van der Waals surface area contributed by atoms with Gasteiger partial charge in [0.05, 0.1) is 0 Å². The van der Waals surface area contributed by atoms with Crippen molar-refractivity contribution < 1.29 is 4.79 Å². The number of benzene rings is 1. The van der Waals surface area contributed by atoms with Crippen molar-refractivity contribution >= 4 is 34.7 Å². The number of hydrogen-bond acceptors (Lipinski definition) is 5. The molecule has 0 unspecified atom stereocenters. The van der Waals surface area contributed by atoms with Crippen molar-refractivity contribution in [3.05, 3.63) is 71.5 Å². The van der Waals surface area contributed by atoms with Gasteiger partial charge in [0.25, 0.3) is 5.91 Å². The molecule has 1 aliphatic rings. The number of fused-ring (bicyclic) bond motifs is 1. The second-order valence-corrected chi connectivity index (χ2v) is 7.59. The minimum Gasteiger partial charge on any atom is -0.357 e. The molecule has 1 aromatic carbocycles. The fraction of sp³-hybridized carbons (Fsp3) is 0.182. The number of rotatable bonds is 4. The van der Waals surface area contributed by atoms with Gasteiger partial charge >= 0.3 is 0 Å². The number of aromatic nitrogens is 4. The summed E-state index contributed by atoms with van der Waals surface area (Å²) >= 11 is 6.18. The Hall–Kier alpha value is -3.45. The van der Waals surface area contributed by atoms with E-state index in [1.54, 1.807) is 35.0 Å². The maximum Gasteiger partial charge on any atom is 0.255 e. The van der Waals surface area contributed by atoms with Crippen molar-refractivity contribution in [1.82, 2.24) is 19.6 Å². The van der Waals surface area contributed by atoms with Crippen LogP contribution < -0.4 is 10.2 Å². The normalized spacial score (nSPS) is 13.7. The van der Waals surface area contributed by atoms with E-state index in [4.69, 9.17) is 11.6 Å². The Kier molecular flexibility index (Phi) is 4.80. The second kappa shape index (κ2) is 7.76. The number of nitrogens with one attached hydrogen (secondary N) is 1. The Morgan fingerprint density at radius 1 is 1.00 bits per heavy atom. The summed E-state index contributed by atoms with van der Waals surface area (Å²) in [7, 11) is 0. The van der Waals surface area contributed by atoms with Crippen LogP contribution in [0.1, 0.15) is 23.2 Å². The second-order valence-electron chi connectivity index (χ2n) is 7.20. The third-order valence-electron chi connectivity index (χ3n) is 5.10. The maximum absolute atomic E-state index is 12.8. The lowest BCUT2D eigenvalue weighted by Gasteiger charge is -2.17. The minimum absolute atomic E-state index is 0.244. The van der Waals surface area contributed by atoms with E-state index in [0.29, 0.717) is 27.9 Å². The monoisotopic (exact) mass is 418 g/mol. The van der Waals surface area contributed by atoms with Gasteiger partial charge in [0, 0.05) is 42.2 Å². The van der Waals surface area contributed by atoms with Crippen LogP contribution in [0.2, 0.25) is 5.15 Å². The van der Waals surface area contributed by atoms with Crippen molar-refractivity contribution in [2.24, 2.45) is 0 Å². The summed E-state index contributed by atoms with van der Waals surface area (Å²) in [5, 5.41) is 7.72. The molecule has 1 N–H and O–H groups in total. The van der Waals surface area contributed by atoms with E-state index in [2.05, 4.69) is 25.3 Å². The molecule has 8 heteroatoms. The molecule has 1 amide bonds. The van der Waals surface area contributed by atoms with Gasteiger partial charge in [-0.1, -0.05) is 41.9 Å². The fourth-order valence-electron chi connectivity index (χ4n) is 3.59. The fourth-order valence-corrected chi connectivity index (χ4v) is 3.80. The van der Waals surface area contributed by atoms with Crippen molar-refractivity contribution in [3.63, 3.8) is 0 Å². The number of halogens is 1. The van der Waals surface area contributed by atoms with Gasteiger partial charge in [0.1, 0.15) is 11.0 Å². The van der Waals surface area contributed by atoms with Crippen LogP contribution in [0, 0.1) is 0 Å². The van der Waals surface area contributed by atoms with Crippen molar-refractivity contribution in [2.45, 2.75) is 12.8 Å². The molecule has 150 valence electrons. The van der Waals surface area contributed by atoms with Crippen molar-refractivity contribution in [2.75, 3.05) is 23.3 Å². The third kappa shape index (κ3) is 3.71. The Bertz CT molecular complexity index is 1220. The van der Waals surface area contributed by atoms with Crippen LogP contribution in [0.4, 0.5) is 11.5 Å². The summed E-state index contributed by atoms with van der Waals surface area (Å²) in [6, 6.07) is 16.7. The highest BCUT2D eigenvalue weighted by atomic mass is 35.5. The van der Waals surface area contributed by atoms with Crippen molar-refractivity contribution in [3.8, 4) is 11.4 Å². The first kappa shape index (κ1) is 18.6. The van der Waals surface area contributed by atoms with Crippen LogP contribution >= 0.6 is 11.6 Å². The van der Waals surface area contributed by atoms with Gasteiger partial charge in [-0.3, -0.25) is 4.79 Å². The molecule has 0 aliphatic carbocycles. The first-order valence-electron chi connectivity index (χ1n) is 9.81. The molecule has 3 aromatic heterocycles. The van der Waals surface area contributed by atoms with E-state index < -0.39 is 0 Å². The molecule has 0 spiro atoms. The van der Waals surface area contributed by atoms with Crippen LogP contribution in [0.25, 0.3) is 17.0 Å². The molecule has 0 saturated carbocycles. The zero-order valence-electron chi connectivity index (χ0n) is 16.1. The van der Waals surface area contributed by atoms with E-state index >= 15 is 0 Å². The number of pyridine rings is 2. The van der Waals surface area contributed by atoms with E-state index in [-0.39, 0.29) is 5.91 Å². The number of hydrogen-bond donors (Lipinski definition) is 1. The molecule has 4 aromatic rings. The highest BCUT2D eigenvalue weighted by Crippen LogP contribution is 2.23. The number of amides is 1. The van der Waals surface area contributed by atoms with E-state index in [1.165, 1.54) is 0 Å². The summed E-state index contributed by atoms with van der Waals surface area (Å²) in [5.74, 6) is 1.13. The Morgan fingerprint density at radius 2 is 1.80 bits per heavy atom. The molecule has 4 heterocycles. The average molecular weight is 419 g/mol. The molecule has 30 heavy (non-hydrogen) atoms. The van der Waals surface area contributed by atoms with Crippen LogP contribution in [-0.2, 0) is 0 Å². The number of nitrogens with zero attached hydrogens (tertiary/aromatic N) is 5. The molecular formula is C22H19ClN6O. The standard InChI is InChI=1S/C22H19ClN6O/c23-18-12-16(13-19(25-18)28-9-4-5-10-28)22(30)24-17-8-11-29-20(14-17)26-21(27-29)15-6-2-1-3-7-15/h1-3,6-8,11-14H,4-5,9-10H2,(H,24,30). The van der Waals surface area contributed by atoms with Crippen LogP contribution in [0.3, 0.4) is 0 Å². The highest BCUT2D eigenvalue weighted by molar-refractivity contribution is 6.30. The largest absolute Gasteiger partial charge is 0.357 e. The topological polar surface area (TPSA) is 75.4 Å². The lowest BCUT2D eigenvalue weighted by Crippen LogP contribution is -2.20. The summed E-state index contributed by atoms with van der Waals surface area (Å²) < 4.78 is 1.69. The summed E-state index contributed by atoms with van der Waals surface area (Å²) in [6.45, 7) is 1.86. The maximum atomic E-state index is 12.8. The first-order valence-corrected chi connectivity index (χ1v) is 10.2. The molecule has 0 radical (unpaired) electrons. The predicted octanol–water partition coefficient (Wildman–Crippen LogP) is 4.30. The van der Waals surface area contributed by atoms with Gasteiger partial charge in [-0.15, -0.1) is 5.10 Å². The number of carbonyl (C=O) groups excluding carboxylic acids is 1. The van der Waals surface area contributed by atoms with Gasteiger partial charge < -0.3 is 10.2 Å². The van der Waals surface area contributed by atoms with E-state index in [1.807, 2.05) is 30.3 Å². The van der Waals surface area contributed by atoms with Crippen molar-refractivity contribution in [1.29, 1.82) is 0 Å². The number of carbonyl (C=O) groups is 1. The predicted molar refractivity (Wildman–Crippen MR) is 117 cm³/mol. The van der Waals surface area contributed by atoms with Crippen LogP contribution in [0.5, 0.6) is 0 Å². The van der Waals surface area contributed by atoms with E-state index in [0.717, 1.165) is 37.3 Å². The van der Waals surface area contributed by atoms with Crippen LogP contribution in [-0.4, -0.2) is 38.6 Å². The molecule has 7 nitrogen and oxygen atoms in total. The zero-order valence-corrected chi connectivity index (χ0v) is 16.9. The smallest absolute Gasteiger partial charge is 0.255 e. The third-order valence-corrected chi connectivity index (χ3v) is 5.29. The lowest BCUT2D eigenvalue weighted by atomic mass is 10.2. The molecule has 1 saturated heterocycles. The molecule has 5 rings (SSSR count). The average Bonchev–Trinajstić information content (AvgIpc) is 3.44. The lowest BCUT2D eigenvalue weighted by molar-refractivity contribution is 0.102. The Balaban J connectivity index is 1.39. The van der Waals surface area contributed by atoms with Gasteiger partial charge in [0.2, 0.25) is 0 Å². The molecular weight excluding hydrogens is 400 g/mol. The first-order chi connectivity index (χ1) is 14.7. The minimum atomic E-state index is -0.244. The molecule has 1 aliphatic heterocycles. The van der Waals surface area contributed by atoms with E-state index in [9.17, 15) is 4.79 Å². The summed E-state index contributed by atoms with van der Waals surface area (Å²) in [5.41, 5.74) is 2.70. The summed E-state index contributed by atoms with van der Waals surface area (Å²) in [4.78, 5) is 23.9. The van der Waals surface area contributed by atoms with Gasteiger partial charge in [0.15, 0.2) is 11.5 Å². The quantitative estimate of drug-likeness (QED) is 0.500. The van der Waals surface area contributed by atoms with Gasteiger partial charge in [-0.05, 0) is 31.0 Å². The Labute approximate surface area is 178 Å². The highest BCUT2D eigenvalue weighted by Gasteiger charge is 2.17. The Morgan fingerprint density at radius 3 is 2.60 bits per heavy atom. The molecule has 0 bridgehead atoms. The molecule has 1 fully saturated rings.